The molecule has 2 rings (SSSR count). The summed E-state index contributed by atoms with van der Waals surface area (Å²) in [4.78, 5) is 0. The first-order chi connectivity index (χ1) is 7.61. The molecule has 2 N–H and O–H groups in total. The molecular weight excluding hydrogens is 222 g/mol. The van der Waals surface area contributed by atoms with E-state index in [1.165, 1.54) is 0 Å². The molecular formula is C12H14ClN3. The Morgan fingerprint density at radius 1 is 1.31 bits per heavy atom. The summed E-state index contributed by atoms with van der Waals surface area (Å²) in [5, 5.41) is 4.96. The number of aromatic nitrogens is 2. The summed E-state index contributed by atoms with van der Waals surface area (Å²) in [5.74, 6) is 0. The number of hydrogen-bond acceptors (Lipinski definition) is 2. The lowest BCUT2D eigenvalue weighted by Crippen LogP contribution is -2.05. The Bertz CT molecular complexity index is 503. The summed E-state index contributed by atoms with van der Waals surface area (Å²) < 4.78 is 1.89. The van der Waals surface area contributed by atoms with Gasteiger partial charge in [-0.05, 0) is 19.9 Å². The molecule has 0 saturated carbocycles. The van der Waals surface area contributed by atoms with Crippen molar-refractivity contribution in [1.29, 1.82) is 0 Å². The van der Waals surface area contributed by atoms with Crippen molar-refractivity contribution in [2.24, 2.45) is 0 Å². The molecule has 0 amide bonds. The van der Waals surface area contributed by atoms with Crippen molar-refractivity contribution < 1.29 is 0 Å². The van der Waals surface area contributed by atoms with Crippen molar-refractivity contribution in [3.05, 3.63) is 35.5 Å². The van der Waals surface area contributed by atoms with Gasteiger partial charge in [0.1, 0.15) is 0 Å². The van der Waals surface area contributed by atoms with E-state index in [0.29, 0.717) is 10.7 Å². The highest BCUT2D eigenvalue weighted by molar-refractivity contribution is 6.33. The quantitative estimate of drug-likeness (QED) is 0.868. The number of nitrogens with two attached hydrogens (primary N) is 1. The predicted octanol–water partition coefficient (Wildman–Crippen LogP) is 3.37. The molecule has 0 radical (unpaired) electrons. The summed E-state index contributed by atoms with van der Waals surface area (Å²) in [6, 6.07) is 7.91. The van der Waals surface area contributed by atoms with Crippen molar-refractivity contribution in [3.8, 4) is 11.3 Å². The number of hydrogen-bond donors (Lipinski definition) is 1. The molecule has 0 saturated heterocycles. The molecule has 0 fully saturated rings. The van der Waals surface area contributed by atoms with Gasteiger partial charge in [-0.25, -0.2) is 0 Å². The molecule has 0 aliphatic carbocycles. The zero-order chi connectivity index (χ0) is 11.7. The van der Waals surface area contributed by atoms with E-state index < -0.39 is 0 Å². The van der Waals surface area contributed by atoms with Gasteiger partial charge < -0.3 is 5.73 Å². The lowest BCUT2D eigenvalue weighted by atomic mass is 10.1. The molecule has 1 heterocycles. The number of anilines is 1. The molecule has 0 spiro atoms. The highest BCUT2D eigenvalue weighted by atomic mass is 35.5. The Balaban J connectivity index is 2.64. The fourth-order valence-corrected chi connectivity index (χ4v) is 1.92. The molecule has 0 bridgehead atoms. The van der Waals surface area contributed by atoms with E-state index in [9.17, 15) is 0 Å². The normalized spacial score (nSPS) is 11.0. The number of rotatable bonds is 2. The van der Waals surface area contributed by atoms with Crippen LogP contribution in [0.25, 0.3) is 11.3 Å². The number of nitrogen functional groups attached to an aromatic ring is 1. The topological polar surface area (TPSA) is 43.8 Å². The van der Waals surface area contributed by atoms with E-state index in [-0.39, 0.29) is 6.04 Å². The van der Waals surface area contributed by atoms with E-state index in [0.717, 1.165) is 11.3 Å². The Labute approximate surface area is 99.8 Å². The molecule has 84 valence electrons. The number of halogens is 1. The van der Waals surface area contributed by atoms with E-state index in [2.05, 4.69) is 18.9 Å². The number of nitrogens with zero attached hydrogens (tertiary/aromatic N) is 2. The van der Waals surface area contributed by atoms with Gasteiger partial charge in [-0.2, -0.15) is 5.10 Å². The van der Waals surface area contributed by atoms with Crippen LogP contribution in [0, 0.1) is 0 Å². The molecule has 0 aliphatic heterocycles. The molecule has 0 unspecified atom stereocenters. The second kappa shape index (κ2) is 4.18. The lowest BCUT2D eigenvalue weighted by molar-refractivity contribution is 0.538. The van der Waals surface area contributed by atoms with Crippen LogP contribution < -0.4 is 5.73 Å². The average molecular weight is 236 g/mol. The maximum atomic E-state index is 6.17. The average Bonchev–Trinajstić information content (AvgIpc) is 2.61. The van der Waals surface area contributed by atoms with Gasteiger partial charge in [0.05, 0.1) is 22.6 Å². The van der Waals surface area contributed by atoms with Gasteiger partial charge in [0, 0.05) is 11.6 Å². The van der Waals surface area contributed by atoms with Crippen molar-refractivity contribution in [1.82, 2.24) is 9.78 Å². The summed E-state index contributed by atoms with van der Waals surface area (Å²) in [5.41, 5.74) is 8.41. The van der Waals surface area contributed by atoms with Gasteiger partial charge in [0.15, 0.2) is 0 Å². The Morgan fingerprint density at radius 3 is 2.62 bits per heavy atom. The first-order valence-electron chi connectivity index (χ1n) is 5.19. The van der Waals surface area contributed by atoms with Crippen molar-refractivity contribution in [2.75, 3.05) is 5.73 Å². The maximum absolute atomic E-state index is 6.17. The smallest absolute Gasteiger partial charge is 0.0930 e. The van der Waals surface area contributed by atoms with Gasteiger partial charge in [-0.3, -0.25) is 4.68 Å². The molecule has 0 aliphatic rings. The zero-order valence-corrected chi connectivity index (χ0v) is 10.1. The Hall–Kier alpha value is -1.48. The summed E-state index contributed by atoms with van der Waals surface area (Å²) in [7, 11) is 0. The fraction of sp³-hybridized carbons (Fsp3) is 0.250. The maximum Gasteiger partial charge on any atom is 0.0930 e. The predicted molar refractivity (Wildman–Crippen MR) is 67.5 cm³/mol. The van der Waals surface area contributed by atoms with Crippen molar-refractivity contribution >= 4 is 17.3 Å². The monoisotopic (exact) mass is 235 g/mol. The second-order valence-electron chi connectivity index (χ2n) is 3.97. The zero-order valence-electron chi connectivity index (χ0n) is 9.31. The highest BCUT2D eigenvalue weighted by Gasteiger charge is 2.14. The minimum atomic E-state index is 0.253. The molecule has 4 heteroatoms. The van der Waals surface area contributed by atoms with Crippen LogP contribution in [0.3, 0.4) is 0 Å². The van der Waals surface area contributed by atoms with Gasteiger partial charge in [0.2, 0.25) is 0 Å². The third-order valence-electron chi connectivity index (χ3n) is 2.44. The first kappa shape index (κ1) is 11.0. The Morgan fingerprint density at radius 2 is 2.00 bits per heavy atom. The van der Waals surface area contributed by atoms with Crippen LogP contribution in [0.15, 0.2) is 30.5 Å². The largest absolute Gasteiger partial charge is 0.396 e. The minimum absolute atomic E-state index is 0.253. The van der Waals surface area contributed by atoms with Crippen molar-refractivity contribution in [3.63, 3.8) is 0 Å². The molecule has 1 aromatic carbocycles. The lowest BCUT2D eigenvalue weighted by Gasteiger charge is -2.12. The van der Waals surface area contributed by atoms with E-state index in [1.54, 1.807) is 6.20 Å². The first-order valence-corrected chi connectivity index (χ1v) is 5.57. The Kier molecular flexibility index (Phi) is 2.88. The molecule has 3 nitrogen and oxygen atoms in total. The summed E-state index contributed by atoms with van der Waals surface area (Å²) in [6.45, 7) is 4.12. The van der Waals surface area contributed by atoms with Gasteiger partial charge in [-0.15, -0.1) is 0 Å². The van der Waals surface area contributed by atoms with Gasteiger partial charge in [0.25, 0.3) is 0 Å². The SMILES string of the molecule is CC(C)n1ncc(N)c1-c1ccccc1Cl. The summed E-state index contributed by atoms with van der Waals surface area (Å²) >= 11 is 6.17. The van der Waals surface area contributed by atoms with E-state index in [1.807, 2.05) is 28.9 Å². The molecule has 0 atom stereocenters. The standard InChI is InChI=1S/C12H14ClN3/c1-8(2)16-12(11(14)7-15-16)9-5-3-4-6-10(9)13/h3-8H,14H2,1-2H3. The molecule has 1 aromatic heterocycles. The van der Waals surface area contributed by atoms with Crippen LogP contribution in [0.5, 0.6) is 0 Å². The van der Waals surface area contributed by atoms with Gasteiger partial charge in [-0.1, -0.05) is 29.8 Å². The fourth-order valence-electron chi connectivity index (χ4n) is 1.70. The number of benzene rings is 1. The van der Waals surface area contributed by atoms with Crippen LogP contribution in [0.1, 0.15) is 19.9 Å². The second-order valence-corrected chi connectivity index (χ2v) is 4.37. The third-order valence-corrected chi connectivity index (χ3v) is 2.77. The third kappa shape index (κ3) is 1.78. The van der Waals surface area contributed by atoms with E-state index in [4.69, 9.17) is 17.3 Å². The summed E-state index contributed by atoms with van der Waals surface area (Å²) in [6.07, 6.45) is 1.67. The minimum Gasteiger partial charge on any atom is -0.396 e. The van der Waals surface area contributed by atoms with Crippen LogP contribution >= 0.6 is 11.6 Å². The van der Waals surface area contributed by atoms with Crippen LogP contribution in [0.4, 0.5) is 5.69 Å². The van der Waals surface area contributed by atoms with Crippen LogP contribution in [-0.4, -0.2) is 9.78 Å². The molecule has 16 heavy (non-hydrogen) atoms. The van der Waals surface area contributed by atoms with Crippen LogP contribution in [0.2, 0.25) is 5.02 Å². The van der Waals surface area contributed by atoms with Crippen LogP contribution in [-0.2, 0) is 0 Å². The molecule has 2 aromatic rings. The van der Waals surface area contributed by atoms with E-state index >= 15 is 0 Å². The van der Waals surface area contributed by atoms with Gasteiger partial charge >= 0.3 is 0 Å². The highest BCUT2D eigenvalue weighted by Crippen LogP contribution is 2.33. The van der Waals surface area contributed by atoms with Crippen molar-refractivity contribution in [2.45, 2.75) is 19.9 Å².